The molecule has 0 spiro atoms. The van der Waals surface area contributed by atoms with Gasteiger partial charge in [-0.3, -0.25) is 0 Å². The molecule has 0 heterocycles. The van der Waals surface area contributed by atoms with Crippen LogP contribution in [-0.4, -0.2) is 29.1 Å². The van der Waals surface area contributed by atoms with Crippen molar-refractivity contribution in [3.63, 3.8) is 0 Å². The molecule has 0 aliphatic carbocycles. The van der Waals surface area contributed by atoms with Crippen molar-refractivity contribution in [3.8, 4) is 11.5 Å². The Bertz CT molecular complexity index is 727. The van der Waals surface area contributed by atoms with Gasteiger partial charge in [0.25, 0.3) is 0 Å². The van der Waals surface area contributed by atoms with Crippen LogP contribution in [0, 0.1) is 0 Å². The molecule has 0 aliphatic heterocycles. The lowest BCUT2D eigenvalue weighted by molar-refractivity contribution is 0.425. The topological polar surface area (TPSA) is 152 Å². The largest absolute Gasteiger partial charge is 0.488 e. The van der Waals surface area contributed by atoms with Crippen molar-refractivity contribution in [2.75, 3.05) is 0 Å². The fourth-order valence-electron chi connectivity index (χ4n) is 1.75. The number of hydrogen-bond donors (Lipinski definition) is 5. The first kappa shape index (κ1) is 16.3. The zero-order chi connectivity index (χ0) is 16.8. The van der Waals surface area contributed by atoms with Crippen LogP contribution in [0.4, 0.5) is 5.69 Å². The second-order valence-electron chi connectivity index (χ2n) is 4.52. The summed E-state index contributed by atoms with van der Waals surface area (Å²) < 4.78 is 5.71. The van der Waals surface area contributed by atoms with Crippen LogP contribution in [0.1, 0.15) is 0 Å². The number of ether oxygens (including phenoxy) is 1. The number of benzene rings is 2. The van der Waals surface area contributed by atoms with E-state index in [-0.39, 0.29) is 11.9 Å². The molecule has 0 saturated carbocycles. The lowest BCUT2D eigenvalue weighted by Crippen LogP contribution is -2.29. The smallest absolute Gasteiger partial charge is 0.455 e. The first-order chi connectivity index (χ1) is 11.0. The number of aliphatic imine (C=N–C) groups is 2. The van der Waals surface area contributed by atoms with E-state index in [4.69, 9.17) is 32.0 Å². The van der Waals surface area contributed by atoms with Crippen molar-refractivity contribution in [1.82, 2.24) is 0 Å². The molecule has 8 nitrogen and oxygen atoms in total. The Morgan fingerprint density at radius 2 is 1.61 bits per heavy atom. The minimum atomic E-state index is -1.53. The molecule has 0 fully saturated rings. The molecular weight excluding hydrogens is 297 g/mol. The van der Waals surface area contributed by atoms with Crippen molar-refractivity contribution >= 4 is 30.2 Å². The number of para-hydroxylation sites is 2. The average Bonchev–Trinajstić information content (AvgIpc) is 2.49. The third-order valence-corrected chi connectivity index (χ3v) is 2.75. The van der Waals surface area contributed by atoms with Gasteiger partial charge in [0.1, 0.15) is 11.4 Å². The number of rotatable bonds is 4. The summed E-state index contributed by atoms with van der Waals surface area (Å²) in [7, 11) is -1.53. The second-order valence-corrected chi connectivity index (χ2v) is 4.52. The Morgan fingerprint density at radius 3 is 2.22 bits per heavy atom. The van der Waals surface area contributed by atoms with E-state index < -0.39 is 7.12 Å². The van der Waals surface area contributed by atoms with Gasteiger partial charge in [-0.15, -0.1) is 0 Å². The highest BCUT2D eigenvalue weighted by Gasteiger charge is 2.11. The van der Waals surface area contributed by atoms with Gasteiger partial charge in [-0.25, -0.2) is 4.99 Å². The Kier molecular flexibility index (Phi) is 5.18. The predicted octanol–water partition coefficient (Wildman–Crippen LogP) is -0.622. The minimum absolute atomic E-state index is 0.0974. The minimum Gasteiger partial charge on any atom is -0.455 e. The van der Waals surface area contributed by atoms with Gasteiger partial charge in [0.05, 0.1) is 0 Å². The Hall–Kier alpha value is -3.04. The van der Waals surface area contributed by atoms with E-state index in [2.05, 4.69) is 9.98 Å². The molecule has 0 aliphatic rings. The van der Waals surface area contributed by atoms with Gasteiger partial charge in [0, 0.05) is 0 Å². The van der Waals surface area contributed by atoms with Gasteiger partial charge in [0.2, 0.25) is 5.96 Å². The third kappa shape index (κ3) is 4.73. The standard InChI is InChI=1S/C14H16BN5O3/c16-13(17)20-14(18)19-11-3-1-2-4-12(11)23-10-7-5-9(6-8-10)15(21)22/h1-8,21-22H,(H6,16,17,18,19,20). The number of hydrogen-bond acceptors (Lipinski definition) is 4. The van der Waals surface area contributed by atoms with Crippen LogP contribution < -0.4 is 27.4 Å². The number of guanidine groups is 2. The molecule has 2 aromatic carbocycles. The zero-order valence-corrected chi connectivity index (χ0v) is 12.1. The van der Waals surface area contributed by atoms with Gasteiger partial charge in [0.15, 0.2) is 11.7 Å². The number of nitrogens with two attached hydrogens (primary N) is 3. The van der Waals surface area contributed by atoms with Crippen LogP contribution in [0.5, 0.6) is 11.5 Å². The summed E-state index contributed by atoms with van der Waals surface area (Å²) in [5, 5.41) is 18.1. The average molecular weight is 313 g/mol. The molecule has 0 amide bonds. The van der Waals surface area contributed by atoms with Crippen LogP contribution in [0.25, 0.3) is 0 Å². The normalized spacial score (nSPS) is 11.0. The maximum atomic E-state index is 9.07. The maximum Gasteiger partial charge on any atom is 0.488 e. The highest BCUT2D eigenvalue weighted by molar-refractivity contribution is 6.58. The molecule has 0 atom stereocenters. The van der Waals surface area contributed by atoms with E-state index in [1.54, 1.807) is 48.5 Å². The van der Waals surface area contributed by atoms with E-state index in [9.17, 15) is 0 Å². The molecule has 2 rings (SSSR count). The lowest BCUT2D eigenvalue weighted by Gasteiger charge is -2.09. The van der Waals surface area contributed by atoms with Crippen molar-refractivity contribution < 1.29 is 14.8 Å². The monoisotopic (exact) mass is 313 g/mol. The van der Waals surface area contributed by atoms with Gasteiger partial charge < -0.3 is 32.0 Å². The van der Waals surface area contributed by atoms with Crippen LogP contribution in [0.3, 0.4) is 0 Å². The second kappa shape index (κ2) is 7.30. The van der Waals surface area contributed by atoms with Crippen LogP contribution in [-0.2, 0) is 0 Å². The first-order valence-electron chi connectivity index (χ1n) is 6.62. The molecule has 0 saturated heterocycles. The highest BCUT2D eigenvalue weighted by atomic mass is 16.5. The van der Waals surface area contributed by atoms with E-state index in [0.717, 1.165) is 0 Å². The summed E-state index contributed by atoms with van der Waals surface area (Å²) in [5.74, 6) is 0.651. The Labute approximate surface area is 133 Å². The van der Waals surface area contributed by atoms with E-state index in [1.807, 2.05) is 0 Å². The van der Waals surface area contributed by atoms with Gasteiger partial charge >= 0.3 is 7.12 Å². The van der Waals surface area contributed by atoms with Crippen LogP contribution in [0.2, 0.25) is 0 Å². The highest BCUT2D eigenvalue weighted by Crippen LogP contribution is 2.31. The summed E-state index contributed by atoms with van der Waals surface area (Å²) in [6.07, 6.45) is 0. The molecule has 23 heavy (non-hydrogen) atoms. The summed E-state index contributed by atoms with van der Waals surface area (Å²) in [4.78, 5) is 7.72. The first-order valence-corrected chi connectivity index (χ1v) is 6.62. The third-order valence-electron chi connectivity index (χ3n) is 2.75. The lowest BCUT2D eigenvalue weighted by atomic mass is 9.80. The van der Waals surface area contributed by atoms with Crippen molar-refractivity contribution in [1.29, 1.82) is 0 Å². The SMILES string of the molecule is NC(N)=NC(N)=Nc1ccccc1Oc1ccc(B(O)O)cc1. The molecule has 0 radical (unpaired) electrons. The summed E-state index contributed by atoms with van der Waals surface area (Å²) >= 11 is 0. The molecule has 8 N–H and O–H groups in total. The molecule has 0 bridgehead atoms. The molecule has 118 valence electrons. The van der Waals surface area contributed by atoms with Crippen molar-refractivity contribution in [3.05, 3.63) is 48.5 Å². The van der Waals surface area contributed by atoms with E-state index in [0.29, 0.717) is 22.6 Å². The van der Waals surface area contributed by atoms with Gasteiger partial charge in [-0.2, -0.15) is 4.99 Å². The van der Waals surface area contributed by atoms with Gasteiger partial charge in [-0.05, 0) is 29.7 Å². The van der Waals surface area contributed by atoms with Crippen molar-refractivity contribution in [2.45, 2.75) is 0 Å². The summed E-state index contributed by atoms with van der Waals surface area (Å²) in [6.45, 7) is 0. The summed E-state index contributed by atoms with van der Waals surface area (Å²) in [6, 6.07) is 13.2. The quantitative estimate of drug-likeness (QED) is 0.288. The van der Waals surface area contributed by atoms with Crippen LogP contribution in [0.15, 0.2) is 58.5 Å². The Morgan fingerprint density at radius 1 is 0.957 bits per heavy atom. The Balaban J connectivity index is 2.25. The summed E-state index contributed by atoms with van der Waals surface area (Å²) in [5.41, 5.74) is 16.9. The van der Waals surface area contributed by atoms with E-state index in [1.165, 1.54) is 0 Å². The molecule has 9 heteroatoms. The zero-order valence-electron chi connectivity index (χ0n) is 12.1. The predicted molar refractivity (Wildman–Crippen MR) is 89.9 cm³/mol. The molecule has 2 aromatic rings. The molecule has 0 unspecified atom stereocenters. The van der Waals surface area contributed by atoms with E-state index >= 15 is 0 Å². The molecular formula is C14H16BN5O3. The van der Waals surface area contributed by atoms with Crippen molar-refractivity contribution in [2.24, 2.45) is 27.2 Å². The maximum absolute atomic E-state index is 9.07. The van der Waals surface area contributed by atoms with Gasteiger partial charge in [-0.1, -0.05) is 24.3 Å². The number of nitrogens with zero attached hydrogens (tertiary/aromatic N) is 2. The van der Waals surface area contributed by atoms with Crippen LogP contribution >= 0.6 is 0 Å². The fraction of sp³-hybridized carbons (Fsp3) is 0. The fourth-order valence-corrected chi connectivity index (χ4v) is 1.75. The molecule has 0 aromatic heterocycles.